The van der Waals surface area contributed by atoms with Crippen LogP contribution in [0.2, 0.25) is 10.0 Å². The number of carbonyl (C=O) groups excluding carboxylic acids is 2. The van der Waals surface area contributed by atoms with Gasteiger partial charge in [0.2, 0.25) is 5.91 Å². The van der Waals surface area contributed by atoms with Gasteiger partial charge >= 0.3 is 0 Å². The lowest BCUT2D eigenvalue weighted by Gasteiger charge is -2.41. The third-order valence-corrected chi connectivity index (χ3v) is 7.13. The molecule has 1 heterocycles. The number of halogens is 2. The van der Waals surface area contributed by atoms with Crippen LogP contribution in [-0.2, 0) is 17.6 Å². The molecule has 5 nitrogen and oxygen atoms in total. The third kappa shape index (κ3) is 5.22. The molecular formula is C24H27Cl2N3O2. The summed E-state index contributed by atoms with van der Waals surface area (Å²) in [5.41, 5.74) is 8.61. The molecule has 3 N–H and O–H groups in total. The number of hydrazine groups is 1. The number of nitrogens with one attached hydrogen (secondary N) is 3. The van der Waals surface area contributed by atoms with Crippen LogP contribution >= 0.6 is 23.2 Å². The molecule has 1 aliphatic carbocycles. The number of carbonyl (C=O) groups is 2. The van der Waals surface area contributed by atoms with Crippen LogP contribution < -0.4 is 16.2 Å². The molecule has 164 valence electrons. The largest absolute Gasteiger partial charge is 0.352 e. The Morgan fingerprint density at radius 3 is 2.61 bits per heavy atom. The predicted molar refractivity (Wildman–Crippen MR) is 123 cm³/mol. The smallest absolute Gasteiger partial charge is 0.251 e. The van der Waals surface area contributed by atoms with Crippen LogP contribution in [0.1, 0.15) is 47.2 Å². The molecule has 0 aromatic heterocycles. The van der Waals surface area contributed by atoms with Crippen LogP contribution in [0.5, 0.6) is 0 Å². The highest BCUT2D eigenvalue weighted by atomic mass is 35.5. The fourth-order valence-electron chi connectivity index (χ4n) is 4.80. The zero-order valence-electron chi connectivity index (χ0n) is 17.3. The van der Waals surface area contributed by atoms with Gasteiger partial charge in [0.1, 0.15) is 0 Å². The summed E-state index contributed by atoms with van der Waals surface area (Å²) in [5, 5.41) is 4.17. The van der Waals surface area contributed by atoms with Crippen molar-refractivity contribution in [3.05, 3.63) is 69.2 Å². The molecular weight excluding hydrogens is 433 g/mol. The van der Waals surface area contributed by atoms with Gasteiger partial charge in [-0.2, -0.15) is 0 Å². The van der Waals surface area contributed by atoms with E-state index in [0.717, 1.165) is 36.8 Å². The van der Waals surface area contributed by atoms with Crippen molar-refractivity contribution in [3.63, 3.8) is 0 Å². The Balaban J connectivity index is 1.36. The molecule has 1 aliphatic heterocycles. The summed E-state index contributed by atoms with van der Waals surface area (Å²) in [5.74, 6) is 0.446. The molecule has 2 amide bonds. The summed E-state index contributed by atoms with van der Waals surface area (Å²) in [7, 11) is 0. The summed E-state index contributed by atoms with van der Waals surface area (Å²) in [6.45, 7) is 0.451. The SMILES string of the molecule is O=C(NCCc1c(Cl)cccc1Cl)c1cccc(CC2NNC(=O)C3CCCCC23)c1. The molecule has 0 spiro atoms. The zero-order chi connectivity index (χ0) is 21.8. The molecule has 2 aromatic carbocycles. The van der Waals surface area contributed by atoms with Crippen molar-refractivity contribution < 1.29 is 9.59 Å². The zero-order valence-corrected chi connectivity index (χ0v) is 18.8. The number of fused-ring (bicyclic) bond motifs is 1. The number of rotatable bonds is 6. The van der Waals surface area contributed by atoms with Crippen molar-refractivity contribution >= 4 is 35.0 Å². The second-order valence-electron chi connectivity index (χ2n) is 8.41. The second-order valence-corrected chi connectivity index (χ2v) is 9.22. The van der Waals surface area contributed by atoms with E-state index in [4.69, 9.17) is 23.2 Å². The first-order valence-electron chi connectivity index (χ1n) is 10.9. The Bertz CT molecular complexity index is 945. The van der Waals surface area contributed by atoms with Gasteiger partial charge in [-0.1, -0.05) is 54.2 Å². The molecule has 0 radical (unpaired) electrons. The molecule has 1 saturated carbocycles. The van der Waals surface area contributed by atoms with Crippen LogP contribution in [0.25, 0.3) is 0 Å². The second kappa shape index (κ2) is 10.0. The number of hydrogen-bond donors (Lipinski definition) is 3. The molecule has 4 rings (SSSR count). The molecule has 31 heavy (non-hydrogen) atoms. The molecule has 3 atom stereocenters. The Kier molecular flexibility index (Phi) is 7.16. The summed E-state index contributed by atoms with van der Waals surface area (Å²) in [6.07, 6.45) is 5.67. The first-order chi connectivity index (χ1) is 15.0. The molecule has 2 aliphatic rings. The van der Waals surface area contributed by atoms with E-state index < -0.39 is 0 Å². The normalized spacial score (nSPS) is 23.0. The predicted octanol–water partition coefficient (Wildman–Crippen LogP) is 4.32. The quantitative estimate of drug-likeness (QED) is 0.602. The maximum atomic E-state index is 12.7. The average Bonchev–Trinajstić information content (AvgIpc) is 2.78. The van der Waals surface area contributed by atoms with Crippen molar-refractivity contribution in [2.45, 2.75) is 44.6 Å². The van der Waals surface area contributed by atoms with E-state index in [1.165, 1.54) is 6.42 Å². The Morgan fingerprint density at radius 1 is 1.06 bits per heavy atom. The molecule has 3 unspecified atom stereocenters. The van der Waals surface area contributed by atoms with Crippen molar-refractivity contribution in [1.29, 1.82) is 0 Å². The fourth-order valence-corrected chi connectivity index (χ4v) is 5.39. The summed E-state index contributed by atoms with van der Waals surface area (Å²) in [4.78, 5) is 24.8. The van der Waals surface area contributed by atoms with Crippen LogP contribution in [0.3, 0.4) is 0 Å². The third-order valence-electron chi connectivity index (χ3n) is 6.42. The van der Waals surface area contributed by atoms with Gasteiger partial charge in [0.15, 0.2) is 0 Å². The highest BCUT2D eigenvalue weighted by molar-refractivity contribution is 6.36. The Hall–Kier alpha value is -2.08. The van der Waals surface area contributed by atoms with E-state index in [-0.39, 0.29) is 23.8 Å². The standard InChI is InChI=1S/C24H27Cl2N3O2/c25-20-9-4-10-21(26)19(20)11-12-27-23(30)16-6-3-5-15(13-16)14-22-17-7-1-2-8-18(17)24(31)29-28-22/h3-6,9-10,13,17-18,22,28H,1-2,7-8,11-12,14H2,(H,27,30)(H,29,31). The lowest BCUT2D eigenvalue weighted by molar-refractivity contribution is -0.133. The van der Waals surface area contributed by atoms with Crippen LogP contribution in [-0.4, -0.2) is 24.4 Å². The highest BCUT2D eigenvalue weighted by Crippen LogP contribution is 2.35. The van der Waals surface area contributed by atoms with Crippen LogP contribution in [0.15, 0.2) is 42.5 Å². The molecule has 7 heteroatoms. The van der Waals surface area contributed by atoms with Gasteiger partial charge in [0.25, 0.3) is 5.91 Å². The summed E-state index contributed by atoms with van der Waals surface area (Å²) < 4.78 is 0. The van der Waals surface area contributed by atoms with E-state index in [2.05, 4.69) is 16.2 Å². The van der Waals surface area contributed by atoms with Crippen molar-refractivity contribution in [1.82, 2.24) is 16.2 Å². The summed E-state index contributed by atoms with van der Waals surface area (Å²) >= 11 is 12.4. The molecule has 0 bridgehead atoms. The number of amides is 2. The van der Waals surface area contributed by atoms with Gasteiger partial charge < -0.3 is 5.32 Å². The van der Waals surface area contributed by atoms with E-state index >= 15 is 0 Å². The van der Waals surface area contributed by atoms with Crippen molar-refractivity contribution in [2.24, 2.45) is 11.8 Å². The van der Waals surface area contributed by atoms with Crippen LogP contribution in [0.4, 0.5) is 0 Å². The minimum Gasteiger partial charge on any atom is -0.352 e. The first kappa shape index (κ1) is 22.1. The van der Waals surface area contributed by atoms with Crippen molar-refractivity contribution in [3.8, 4) is 0 Å². The minimum absolute atomic E-state index is 0.100. The van der Waals surface area contributed by atoms with Gasteiger partial charge in [0, 0.05) is 34.1 Å². The van der Waals surface area contributed by atoms with E-state index in [0.29, 0.717) is 34.5 Å². The van der Waals surface area contributed by atoms with Gasteiger partial charge in [-0.3, -0.25) is 15.0 Å². The van der Waals surface area contributed by atoms with E-state index in [1.807, 2.05) is 24.3 Å². The minimum atomic E-state index is -0.120. The maximum absolute atomic E-state index is 12.7. The van der Waals surface area contributed by atoms with Gasteiger partial charge in [0.05, 0.1) is 0 Å². The van der Waals surface area contributed by atoms with Gasteiger partial charge in [-0.25, -0.2) is 5.43 Å². The van der Waals surface area contributed by atoms with Gasteiger partial charge in [-0.05, 0) is 67.0 Å². The topological polar surface area (TPSA) is 70.2 Å². The van der Waals surface area contributed by atoms with E-state index in [1.54, 1.807) is 18.2 Å². The number of hydrogen-bond acceptors (Lipinski definition) is 3. The van der Waals surface area contributed by atoms with Crippen molar-refractivity contribution in [2.75, 3.05) is 6.54 Å². The number of benzene rings is 2. The van der Waals surface area contributed by atoms with E-state index in [9.17, 15) is 9.59 Å². The Labute approximate surface area is 192 Å². The van der Waals surface area contributed by atoms with Crippen LogP contribution in [0, 0.1) is 11.8 Å². The fraction of sp³-hybridized carbons (Fsp3) is 0.417. The highest BCUT2D eigenvalue weighted by Gasteiger charge is 2.39. The first-order valence-corrected chi connectivity index (χ1v) is 11.6. The lowest BCUT2D eigenvalue weighted by atomic mass is 9.72. The summed E-state index contributed by atoms with van der Waals surface area (Å²) in [6, 6.07) is 13.3. The molecule has 2 fully saturated rings. The average molecular weight is 460 g/mol. The lowest BCUT2D eigenvalue weighted by Crippen LogP contribution is -2.60. The monoisotopic (exact) mass is 459 g/mol. The molecule has 2 aromatic rings. The maximum Gasteiger partial charge on any atom is 0.251 e. The van der Waals surface area contributed by atoms with Gasteiger partial charge in [-0.15, -0.1) is 0 Å². The molecule has 1 saturated heterocycles. The Morgan fingerprint density at radius 2 is 1.81 bits per heavy atom.